The second kappa shape index (κ2) is 6.72. The van der Waals surface area contributed by atoms with Gasteiger partial charge in [-0.25, -0.2) is 0 Å². The Bertz CT molecular complexity index is 71.6. The number of aliphatic carboxylic acids is 1. The van der Waals surface area contributed by atoms with E-state index in [2.05, 4.69) is 0 Å². The van der Waals surface area contributed by atoms with Gasteiger partial charge in [-0.05, 0) is 13.0 Å². The lowest BCUT2D eigenvalue weighted by Crippen LogP contribution is -2.02. The van der Waals surface area contributed by atoms with Crippen molar-refractivity contribution in [1.29, 1.82) is 0 Å². The highest BCUT2D eigenvalue weighted by Gasteiger charge is 1.91. The van der Waals surface area contributed by atoms with Crippen LogP contribution < -0.4 is 5.73 Å². The minimum Gasteiger partial charge on any atom is -0.481 e. The largest absolute Gasteiger partial charge is 1.00 e. The number of carbonyl (C=O) groups is 1. The highest BCUT2D eigenvalue weighted by Crippen LogP contribution is 1.82. The van der Waals surface area contributed by atoms with E-state index in [9.17, 15) is 4.79 Å². The summed E-state index contributed by atoms with van der Waals surface area (Å²) in [6.45, 7) is 0.465. The van der Waals surface area contributed by atoms with Crippen molar-refractivity contribution in [3.05, 3.63) is 0 Å². The molecule has 3 nitrogen and oxygen atoms in total. The second-order valence-corrected chi connectivity index (χ2v) is 1.29. The Hall–Kier alpha value is -0.280. The Morgan fingerprint density at radius 1 is 1.75 bits per heavy atom. The highest BCUT2D eigenvalue weighted by molar-refractivity contribution is 5.85. The molecule has 0 unspecified atom stereocenters. The number of hydrogen-bond donors (Lipinski definition) is 2. The molecule has 0 bridgehead atoms. The van der Waals surface area contributed by atoms with Gasteiger partial charge in [0, 0.05) is 6.42 Å². The first-order chi connectivity index (χ1) is 3.27. The SMILES string of the molecule is Cl.NCCCC(=O)O.[H+]. The van der Waals surface area contributed by atoms with Crippen molar-refractivity contribution in [2.45, 2.75) is 12.8 Å². The van der Waals surface area contributed by atoms with E-state index in [4.69, 9.17) is 10.8 Å². The number of rotatable bonds is 3. The molecule has 0 aromatic carbocycles. The third-order valence-electron chi connectivity index (χ3n) is 0.595. The Labute approximate surface area is 55.8 Å². The highest BCUT2D eigenvalue weighted by atomic mass is 35.5. The monoisotopic (exact) mass is 140 g/mol. The van der Waals surface area contributed by atoms with E-state index in [0.717, 1.165) is 0 Å². The summed E-state index contributed by atoms with van der Waals surface area (Å²) in [5.74, 6) is -0.773. The molecule has 0 radical (unpaired) electrons. The zero-order chi connectivity index (χ0) is 5.70. The standard InChI is InChI=1S/C4H9NO2.ClH/c5-3-1-2-4(6)7;/h1-3,5H2,(H,6,7);1H/p+1. The maximum absolute atomic E-state index is 9.70. The lowest BCUT2D eigenvalue weighted by atomic mass is 10.3. The Kier molecular flexibility index (Phi) is 8.95. The summed E-state index contributed by atoms with van der Waals surface area (Å²) >= 11 is 0. The number of carboxylic acids is 1. The fourth-order valence-electron chi connectivity index (χ4n) is 0.253. The molecule has 0 aliphatic carbocycles. The summed E-state index contributed by atoms with van der Waals surface area (Å²) in [5, 5.41) is 7.99. The van der Waals surface area contributed by atoms with Crippen LogP contribution in [0.3, 0.4) is 0 Å². The van der Waals surface area contributed by atoms with Crippen molar-refractivity contribution in [3.8, 4) is 0 Å². The van der Waals surface area contributed by atoms with Gasteiger partial charge in [0.2, 0.25) is 0 Å². The number of carboxylic acid groups (broad SMARTS) is 1. The minimum atomic E-state index is -0.773. The molecule has 0 saturated heterocycles. The van der Waals surface area contributed by atoms with Gasteiger partial charge >= 0.3 is 7.40 Å². The number of nitrogens with two attached hydrogens (primary N) is 1. The minimum absolute atomic E-state index is 0. The molecule has 0 atom stereocenters. The van der Waals surface area contributed by atoms with Crippen LogP contribution in [0.15, 0.2) is 0 Å². The average Bonchev–Trinajstić information content (AvgIpc) is 1.61. The molecule has 0 heterocycles. The molecule has 4 heteroatoms. The molecular formula is C4H11ClNO2+. The van der Waals surface area contributed by atoms with Gasteiger partial charge in [-0.2, -0.15) is 0 Å². The van der Waals surface area contributed by atoms with Crippen molar-refractivity contribution in [2.75, 3.05) is 6.54 Å². The first-order valence-corrected chi connectivity index (χ1v) is 2.19. The van der Waals surface area contributed by atoms with E-state index < -0.39 is 5.97 Å². The van der Waals surface area contributed by atoms with Crippen molar-refractivity contribution >= 4 is 18.4 Å². The predicted molar refractivity (Wildman–Crippen MR) is 34.3 cm³/mol. The topological polar surface area (TPSA) is 63.3 Å². The van der Waals surface area contributed by atoms with E-state index in [1.54, 1.807) is 0 Å². The predicted octanol–water partition coefficient (Wildman–Crippen LogP) is 0.344. The maximum atomic E-state index is 9.70. The van der Waals surface area contributed by atoms with Crippen LogP contribution in [-0.2, 0) is 4.79 Å². The fourth-order valence-corrected chi connectivity index (χ4v) is 0.253. The average molecular weight is 141 g/mol. The van der Waals surface area contributed by atoms with Gasteiger partial charge in [0.05, 0.1) is 0 Å². The van der Waals surface area contributed by atoms with Gasteiger partial charge in [0.1, 0.15) is 0 Å². The molecule has 50 valence electrons. The summed E-state index contributed by atoms with van der Waals surface area (Å²) in [6, 6.07) is 0. The van der Waals surface area contributed by atoms with Crippen molar-refractivity contribution in [2.24, 2.45) is 5.73 Å². The van der Waals surface area contributed by atoms with Gasteiger partial charge in [-0.1, -0.05) is 0 Å². The van der Waals surface area contributed by atoms with E-state index in [1.165, 1.54) is 0 Å². The van der Waals surface area contributed by atoms with Crippen LogP contribution in [0, 0.1) is 0 Å². The van der Waals surface area contributed by atoms with Crippen molar-refractivity contribution in [1.82, 2.24) is 0 Å². The van der Waals surface area contributed by atoms with E-state index in [0.29, 0.717) is 13.0 Å². The van der Waals surface area contributed by atoms with Crippen LogP contribution in [0.1, 0.15) is 14.3 Å². The molecule has 8 heavy (non-hydrogen) atoms. The van der Waals surface area contributed by atoms with Crippen LogP contribution in [0.25, 0.3) is 0 Å². The summed E-state index contributed by atoms with van der Waals surface area (Å²) in [4.78, 5) is 9.70. The van der Waals surface area contributed by atoms with Gasteiger partial charge in [-0.15, -0.1) is 12.4 Å². The van der Waals surface area contributed by atoms with Gasteiger partial charge in [0.15, 0.2) is 0 Å². The van der Waals surface area contributed by atoms with E-state index >= 15 is 0 Å². The zero-order valence-corrected chi connectivity index (χ0v) is 5.28. The Morgan fingerprint density at radius 2 is 2.25 bits per heavy atom. The molecule has 0 aliphatic heterocycles. The third kappa shape index (κ3) is 9.21. The molecule has 3 N–H and O–H groups in total. The first kappa shape index (κ1) is 10.7. The summed E-state index contributed by atoms with van der Waals surface area (Å²) in [5.41, 5.74) is 5.01. The van der Waals surface area contributed by atoms with Crippen LogP contribution in [0.2, 0.25) is 0 Å². The van der Waals surface area contributed by atoms with Crippen LogP contribution >= 0.6 is 12.4 Å². The molecule has 0 aromatic rings. The number of hydrogen-bond acceptors (Lipinski definition) is 2. The Balaban J connectivity index is -0.000000180. The first-order valence-electron chi connectivity index (χ1n) is 2.19. The van der Waals surface area contributed by atoms with Crippen molar-refractivity contribution < 1.29 is 11.3 Å². The normalized spacial score (nSPS) is 7.62. The molecule has 0 amide bonds. The smallest absolute Gasteiger partial charge is 0.481 e. The molecule has 0 saturated carbocycles. The third-order valence-corrected chi connectivity index (χ3v) is 0.595. The molecule has 0 aromatic heterocycles. The Morgan fingerprint density at radius 3 is 2.38 bits per heavy atom. The van der Waals surface area contributed by atoms with E-state index in [1.807, 2.05) is 0 Å². The lowest BCUT2D eigenvalue weighted by molar-refractivity contribution is -0.137. The molecule has 0 rings (SSSR count). The second-order valence-electron chi connectivity index (χ2n) is 1.29. The van der Waals surface area contributed by atoms with Crippen molar-refractivity contribution in [3.63, 3.8) is 0 Å². The fraction of sp³-hybridized carbons (Fsp3) is 0.750. The van der Waals surface area contributed by atoms with Crippen LogP contribution in [-0.4, -0.2) is 17.6 Å². The quantitative estimate of drug-likeness (QED) is 0.595. The summed E-state index contributed by atoms with van der Waals surface area (Å²) < 4.78 is 0. The summed E-state index contributed by atoms with van der Waals surface area (Å²) in [7, 11) is 0. The lowest BCUT2D eigenvalue weighted by Gasteiger charge is -1.86. The van der Waals surface area contributed by atoms with Crippen LogP contribution in [0.4, 0.5) is 0 Å². The van der Waals surface area contributed by atoms with Gasteiger partial charge in [0.25, 0.3) is 0 Å². The van der Waals surface area contributed by atoms with Crippen LogP contribution in [0.5, 0.6) is 0 Å². The zero-order valence-electron chi connectivity index (χ0n) is 5.46. The number of halogens is 1. The maximum Gasteiger partial charge on any atom is 1.00 e. The summed E-state index contributed by atoms with van der Waals surface area (Å²) in [6.07, 6.45) is 0.770. The van der Waals surface area contributed by atoms with Gasteiger partial charge in [-0.3, -0.25) is 4.79 Å². The molecule has 0 aliphatic rings. The molecule has 0 fully saturated rings. The van der Waals surface area contributed by atoms with Gasteiger partial charge < -0.3 is 10.8 Å². The molecule has 0 spiro atoms. The molecular weight excluding hydrogens is 130 g/mol. The van der Waals surface area contributed by atoms with E-state index in [-0.39, 0.29) is 20.3 Å².